The number of carbonyl (C=O) groups excluding carboxylic acids is 2. The van der Waals surface area contributed by atoms with Crippen LogP contribution in [-0.4, -0.2) is 49.7 Å². The molecule has 5 nitrogen and oxygen atoms in total. The first kappa shape index (κ1) is 22.5. The van der Waals surface area contributed by atoms with Crippen molar-refractivity contribution in [3.63, 3.8) is 0 Å². The van der Waals surface area contributed by atoms with Crippen molar-refractivity contribution in [2.75, 3.05) is 13.2 Å². The largest absolute Gasteiger partial charge is 0.462 e. The summed E-state index contributed by atoms with van der Waals surface area (Å²) in [6.45, 7) is 4.53. The lowest BCUT2D eigenvalue weighted by atomic mass is 9.79. The van der Waals surface area contributed by atoms with Crippen molar-refractivity contribution in [1.29, 1.82) is 0 Å². The van der Waals surface area contributed by atoms with Gasteiger partial charge in [0.2, 0.25) is 0 Å². The second-order valence-corrected chi connectivity index (χ2v) is 6.47. The van der Waals surface area contributed by atoms with Crippen LogP contribution < -0.4 is 0 Å². The van der Waals surface area contributed by atoms with Crippen LogP contribution in [0.5, 0.6) is 0 Å². The van der Waals surface area contributed by atoms with Crippen molar-refractivity contribution < 1.29 is 50.1 Å². The van der Waals surface area contributed by atoms with E-state index in [1.807, 2.05) is 0 Å². The van der Waals surface area contributed by atoms with Crippen LogP contribution in [0.1, 0.15) is 33.6 Å². The van der Waals surface area contributed by atoms with Gasteiger partial charge in [-0.05, 0) is 19.8 Å². The van der Waals surface area contributed by atoms with Gasteiger partial charge in [0.05, 0.1) is 17.9 Å². The first-order chi connectivity index (χ1) is 11.7. The van der Waals surface area contributed by atoms with Crippen molar-refractivity contribution >= 4 is 11.9 Å². The smallest absolute Gasteiger partial charge is 0.434 e. The fourth-order valence-electron chi connectivity index (χ4n) is 2.19. The second kappa shape index (κ2) is 8.01. The molecule has 3 atom stereocenters. The molecular formula is C15H20F6O5. The average molecular weight is 394 g/mol. The molecule has 0 aromatic carbocycles. The van der Waals surface area contributed by atoms with Gasteiger partial charge in [-0.3, -0.25) is 9.59 Å². The summed E-state index contributed by atoms with van der Waals surface area (Å²) in [4.78, 5) is 23.9. The normalized spacial score (nSPS) is 21.1. The minimum Gasteiger partial charge on any atom is -0.462 e. The van der Waals surface area contributed by atoms with E-state index < -0.39 is 41.7 Å². The molecule has 0 aliphatic carbocycles. The molecule has 0 aromatic heterocycles. The summed E-state index contributed by atoms with van der Waals surface area (Å²) in [6.07, 6.45) is -16.2. The van der Waals surface area contributed by atoms with Gasteiger partial charge in [-0.15, -0.1) is 0 Å². The lowest BCUT2D eigenvalue weighted by Gasteiger charge is -2.29. The molecule has 3 unspecified atom stereocenters. The minimum absolute atomic E-state index is 0.00251. The first-order valence-electron chi connectivity index (χ1n) is 7.83. The highest BCUT2D eigenvalue weighted by Crippen LogP contribution is 2.37. The van der Waals surface area contributed by atoms with E-state index in [1.54, 1.807) is 6.92 Å². The Morgan fingerprint density at radius 1 is 1.15 bits per heavy atom. The highest BCUT2D eigenvalue weighted by molar-refractivity contribution is 5.78. The standard InChI is InChI=1S/C15H20F6O5/c1-4-13(3,12(23)25-7-9-6-24-9)5-8(2)10(22)26-11(14(16,17)18)15(19,20)21/h8-9,11H,4-7H2,1-3H3. The molecule has 1 rings (SSSR count). The number of halogens is 6. The summed E-state index contributed by atoms with van der Waals surface area (Å²) in [6, 6.07) is 0. The van der Waals surface area contributed by atoms with Gasteiger partial charge in [-0.2, -0.15) is 26.3 Å². The van der Waals surface area contributed by atoms with Crippen molar-refractivity contribution in [2.24, 2.45) is 11.3 Å². The summed E-state index contributed by atoms with van der Waals surface area (Å²) >= 11 is 0. The topological polar surface area (TPSA) is 65.1 Å². The maximum Gasteiger partial charge on any atom is 0.434 e. The predicted octanol–water partition coefficient (Wildman–Crippen LogP) is 3.41. The van der Waals surface area contributed by atoms with Crippen molar-refractivity contribution in [3.8, 4) is 0 Å². The number of ether oxygens (including phenoxy) is 3. The molecule has 1 saturated heterocycles. The lowest BCUT2D eigenvalue weighted by molar-refractivity contribution is -0.314. The van der Waals surface area contributed by atoms with Crippen LogP contribution in [0, 0.1) is 11.3 Å². The Balaban J connectivity index is 2.73. The Hall–Kier alpha value is -1.52. The Morgan fingerprint density at radius 3 is 2.04 bits per heavy atom. The van der Waals surface area contributed by atoms with E-state index in [0.717, 1.165) is 6.92 Å². The molecule has 26 heavy (non-hydrogen) atoms. The Morgan fingerprint density at radius 2 is 1.65 bits per heavy atom. The zero-order chi connectivity index (χ0) is 20.3. The number of hydrogen-bond donors (Lipinski definition) is 0. The average Bonchev–Trinajstić information content (AvgIpc) is 3.31. The molecule has 1 aliphatic rings. The third-order valence-electron chi connectivity index (χ3n) is 4.06. The maximum absolute atomic E-state index is 12.5. The molecule has 0 amide bonds. The van der Waals surface area contributed by atoms with Gasteiger partial charge in [-0.25, -0.2) is 0 Å². The number of hydrogen-bond acceptors (Lipinski definition) is 5. The number of carbonyl (C=O) groups is 2. The van der Waals surface area contributed by atoms with E-state index in [2.05, 4.69) is 4.74 Å². The SMILES string of the molecule is CCC(C)(CC(C)C(=O)OC(C(F)(F)F)C(F)(F)F)C(=O)OCC1CO1. The summed E-state index contributed by atoms with van der Waals surface area (Å²) in [5.41, 5.74) is -1.26. The zero-order valence-electron chi connectivity index (χ0n) is 14.4. The van der Waals surface area contributed by atoms with E-state index >= 15 is 0 Å². The predicted molar refractivity (Wildman–Crippen MR) is 74.9 cm³/mol. The van der Waals surface area contributed by atoms with Crippen LogP contribution in [-0.2, 0) is 23.8 Å². The molecule has 11 heteroatoms. The van der Waals surface area contributed by atoms with E-state index in [9.17, 15) is 35.9 Å². The number of alkyl halides is 6. The van der Waals surface area contributed by atoms with Crippen molar-refractivity contribution in [1.82, 2.24) is 0 Å². The van der Waals surface area contributed by atoms with E-state index in [1.165, 1.54) is 6.92 Å². The second-order valence-electron chi connectivity index (χ2n) is 6.47. The van der Waals surface area contributed by atoms with Gasteiger partial charge in [0, 0.05) is 0 Å². The Kier molecular flexibility index (Phi) is 6.94. The van der Waals surface area contributed by atoms with Crippen LogP contribution >= 0.6 is 0 Å². The van der Waals surface area contributed by atoms with Crippen LogP contribution in [0.2, 0.25) is 0 Å². The number of rotatable bonds is 8. The Labute approximate surface area is 145 Å². The highest BCUT2D eigenvalue weighted by atomic mass is 19.4. The summed E-state index contributed by atoms with van der Waals surface area (Å²) in [7, 11) is 0. The van der Waals surface area contributed by atoms with Gasteiger partial charge < -0.3 is 14.2 Å². The van der Waals surface area contributed by atoms with Crippen molar-refractivity contribution in [2.45, 2.75) is 58.2 Å². The summed E-state index contributed by atoms with van der Waals surface area (Å²) in [5.74, 6) is -3.78. The van der Waals surface area contributed by atoms with E-state index in [0.29, 0.717) is 6.61 Å². The quantitative estimate of drug-likeness (QED) is 0.359. The number of epoxide rings is 1. The third kappa shape index (κ3) is 6.33. The zero-order valence-corrected chi connectivity index (χ0v) is 14.4. The van der Waals surface area contributed by atoms with Crippen LogP contribution in [0.3, 0.4) is 0 Å². The van der Waals surface area contributed by atoms with Crippen LogP contribution in [0.25, 0.3) is 0 Å². The summed E-state index contributed by atoms with van der Waals surface area (Å²) in [5, 5.41) is 0. The molecular weight excluding hydrogens is 374 g/mol. The van der Waals surface area contributed by atoms with Crippen molar-refractivity contribution in [3.05, 3.63) is 0 Å². The molecule has 0 aromatic rings. The van der Waals surface area contributed by atoms with Gasteiger partial charge in [0.25, 0.3) is 6.10 Å². The maximum atomic E-state index is 12.5. The molecule has 0 N–H and O–H groups in total. The first-order valence-corrected chi connectivity index (χ1v) is 7.83. The van der Waals surface area contributed by atoms with Gasteiger partial charge >= 0.3 is 24.3 Å². The molecule has 0 spiro atoms. The molecule has 0 radical (unpaired) electrons. The fourth-order valence-corrected chi connectivity index (χ4v) is 2.19. The van der Waals surface area contributed by atoms with Crippen LogP contribution in [0.4, 0.5) is 26.3 Å². The minimum atomic E-state index is -5.79. The van der Waals surface area contributed by atoms with Gasteiger partial charge in [0.15, 0.2) is 0 Å². The van der Waals surface area contributed by atoms with Crippen LogP contribution in [0.15, 0.2) is 0 Å². The molecule has 1 fully saturated rings. The molecule has 1 aliphatic heterocycles. The number of esters is 2. The van der Waals surface area contributed by atoms with E-state index in [4.69, 9.17) is 9.47 Å². The lowest BCUT2D eigenvalue weighted by Crippen LogP contribution is -2.46. The fraction of sp³-hybridized carbons (Fsp3) is 0.867. The molecule has 1 heterocycles. The third-order valence-corrected chi connectivity index (χ3v) is 4.06. The van der Waals surface area contributed by atoms with Gasteiger partial charge in [0.1, 0.15) is 12.7 Å². The van der Waals surface area contributed by atoms with Gasteiger partial charge in [-0.1, -0.05) is 13.8 Å². The highest BCUT2D eigenvalue weighted by Gasteiger charge is 2.60. The van der Waals surface area contributed by atoms with E-state index in [-0.39, 0.29) is 25.6 Å². The summed E-state index contributed by atoms with van der Waals surface area (Å²) < 4.78 is 88.4. The molecule has 0 bridgehead atoms. The molecule has 0 saturated carbocycles. The monoisotopic (exact) mass is 394 g/mol. The molecule has 152 valence electrons. The Bertz CT molecular complexity index is 500.